The van der Waals surface area contributed by atoms with Crippen LogP contribution in [0.4, 0.5) is 5.82 Å². The quantitative estimate of drug-likeness (QED) is 0.887. The summed E-state index contributed by atoms with van der Waals surface area (Å²) in [6.45, 7) is 0.643. The summed E-state index contributed by atoms with van der Waals surface area (Å²) in [5.74, 6) is 1.27. The van der Waals surface area contributed by atoms with Gasteiger partial charge in [-0.2, -0.15) is 0 Å². The van der Waals surface area contributed by atoms with Gasteiger partial charge < -0.3 is 4.90 Å². The zero-order chi connectivity index (χ0) is 14.1. The van der Waals surface area contributed by atoms with Crippen LogP contribution >= 0.6 is 0 Å². The van der Waals surface area contributed by atoms with Crippen LogP contribution in [-0.4, -0.2) is 17.0 Å². The lowest BCUT2D eigenvalue weighted by atomic mass is 10.1. The van der Waals surface area contributed by atoms with Crippen LogP contribution in [0.15, 0.2) is 39.9 Å². The number of aromatic nitrogens is 2. The van der Waals surface area contributed by atoms with Crippen LogP contribution in [0, 0.1) is 0 Å². The van der Waals surface area contributed by atoms with Gasteiger partial charge in [0.1, 0.15) is 5.82 Å². The van der Waals surface area contributed by atoms with Gasteiger partial charge in [-0.3, -0.25) is 14.8 Å². The molecule has 0 spiro atoms. The first-order chi connectivity index (χ1) is 9.61. The summed E-state index contributed by atoms with van der Waals surface area (Å²) in [4.78, 5) is 29.2. The Morgan fingerprint density at radius 1 is 1.15 bits per heavy atom. The molecule has 1 heterocycles. The third-order valence-corrected chi connectivity index (χ3v) is 3.61. The van der Waals surface area contributed by atoms with E-state index < -0.39 is 5.69 Å². The fourth-order valence-corrected chi connectivity index (χ4v) is 2.33. The molecular weight excluding hydrogens is 254 g/mol. The lowest BCUT2D eigenvalue weighted by Gasteiger charge is -2.18. The monoisotopic (exact) mass is 271 g/mol. The first-order valence-corrected chi connectivity index (χ1v) is 6.75. The number of anilines is 1. The topological polar surface area (TPSA) is 69.0 Å². The van der Waals surface area contributed by atoms with E-state index in [9.17, 15) is 9.59 Å². The summed E-state index contributed by atoms with van der Waals surface area (Å²) in [5.41, 5.74) is 1.68. The van der Waals surface area contributed by atoms with Crippen molar-refractivity contribution in [3.63, 3.8) is 0 Å². The Bertz CT molecular complexity index is 683. The van der Waals surface area contributed by atoms with Crippen molar-refractivity contribution in [3.05, 3.63) is 62.3 Å². The molecule has 1 aromatic heterocycles. The molecule has 0 aliphatic heterocycles. The highest BCUT2D eigenvalue weighted by Gasteiger charge is 2.22. The minimum atomic E-state index is -0.483. The molecule has 104 valence electrons. The van der Waals surface area contributed by atoms with Crippen molar-refractivity contribution in [2.75, 3.05) is 11.9 Å². The fourth-order valence-electron chi connectivity index (χ4n) is 2.33. The van der Waals surface area contributed by atoms with Gasteiger partial charge >= 0.3 is 5.69 Å². The van der Waals surface area contributed by atoms with Crippen LogP contribution < -0.4 is 16.1 Å². The summed E-state index contributed by atoms with van der Waals surface area (Å²) < 4.78 is 0. The van der Waals surface area contributed by atoms with Crippen molar-refractivity contribution in [1.82, 2.24) is 9.97 Å². The molecule has 1 aromatic carbocycles. The number of nitrogens with one attached hydrogen (secondary N) is 2. The molecule has 1 aliphatic rings. The first kappa shape index (κ1) is 12.7. The molecule has 5 nitrogen and oxygen atoms in total. The largest absolute Gasteiger partial charge is 0.357 e. The van der Waals surface area contributed by atoms with E-state index in [2.05, 4.69) is 34.2 Å². The van der Waals surface area contributed by atoms with Gasteiger partial charge in [0.25, 0.3) is 5.56 Å². The van der Waals surface area contributed by atoms with Crippen molar-refractivity contribution >= 4 is 5.82 Å². The van der Waals surface area contributed by atoms with Crippen LogP contribution in [0.3, 0.4) is 0 Å². The maximum Gasteiger partial charge on any atom is 0.327 e. The molecule has 0 amide bonds. The standard InChI is InChI=1S/C15H17N3O2/c1-18(13-8-14(19)17-15(20)16-13)9-10-2-4-11(5-3-10)12-6-7-12/h2-5,8,12H,6-7,9H2,1H3,(H2,16,17,19,20). The second-order valence-electron chi connectivity index (χ2n) is 5.34. The van der Waals surface area contributed by atoms with Crippen LogP contribution in [0.25, 0.3) is 0 Å². The number of H-pyrrole nitrogens is 2. The van der Waals surface area contributed by atoms with E-state index in [1.165, 1.54) is 24.5 Å². The SMILES string of the molecule is CN(Cc1ccc(C2CC2)cc1)c1cc(=O)[nH]c(=O)[nH]1. The molecule has 0 bridgehead atoms. The van der Waals surface area contributed by atoms with Gasteiger partial charge in [-0.05, 0) is 29.9 Å². The lowest BCUT2D eigenvalue weighted by molar-refractivity contribution is 0.873. The van der Waals surface area contributed by atoms with Gasteiger partial charge in [0, 0.05) is 19.7 Å². The highest BCUT2D eigenvalue weighted by molar-refractivity contribution is 5.37. The Labute approximate surface area is 116 Å². The fraction of sp³-hybridized carbons (Fsp3) is 0.333. The maximum atomic E-state index is 11.3. The van der Waals surface area contributed by atoms with E-state index in [1.54, 1.807) is 0 Å². The molecule has 2 aromatic rings. The minimum absolute atomic E-state index is 0.389. The third kappa shape index (κ3) is 2.82. The van der Waals surface area contributed by atoms with Crippen molar-refractivity contribution in [2.45, 2.75) is 25.3 Å². The molecule has 0 saturated heterocycles. The van der Waals surface area contributed by atoms with Gasteiger partial charge in [-0.15, -0.1) is 0 Å². The average Bonchev–Trinajstić information content (AvgIpc) is 3.23. The highest BCUT2D eigenvalue weighted by atomic mass is 16.2. The van der Waals surface area contributed by atoms with Crippen LogP contribution in [-0.2, 0) is 6.54 Å². The van der Waals surface area contributed by atoms with Crippen LogP contribution in [0.2, 0.25) is 0 Å². The van der Waals surface area contributed by atoms with Crippen molar-refractivity contribution in [1.29, 1.82) is 0 Å². The van der Waals surface area contributed by atoms with Gasteiger partial charge in [0.05, 0.1) is 0 Å². The Morgan fingerprint density at radius 2 is 1.85 bits per heavy atom. The molecular formula is C15H17N3O2. The number of hydrogen-bond acceptors (Lipinski definition) is 3. The Balaban J connectivity index is 1.75. The number of nitrogens with zero attached hydrogens (tertiary/aromatic N) is 1. The average molecular weight is 271 g/mol. The van der Waals surface area contributed by atoms with E-state index in [1.807, 2.05) is 11.9 Å². The van der Waals surface area contributed by atoms with Gasteiger partial charge in [-0.25, -0.2) is 4.79 Å². The summed E-state index contributed by atoms with van der Waals surface area (Å²) >= 11 is 0. The smallest absolute Gasteiger partial charge is 0.327 e. The Hall–Kier alpha value is -2.30. The van der Waals surface area contributed by atoms with Crippen molar-refractivity contribution in [2.24, 2.45) is 0 Å². The predicted molar refractivity (Wildman–Crippen MR) is 78.2 cm³/mol. The van der Waals surface area contributed by atoms with Crippen LogP contribution in [0.1, 0.15) is 29.9 Å². The zero-order valence-electron chi connectivity index (χ0n) is 11.3. The van der Waals surface area contributed by atoms with Gasteiger partial charge in [0.15, 0.2) is 0 Å². The van der Waals surface area contributed by atoms with Gasteiger partial charge in [0.2, 0.25) is 0 Å². The minimum Gasteiger partial charge on any atom is -0.357 e. The summed E-state index contributed by atoms with van der Waals surface area (Å²) in [6, 6.07) is 9.94. The third-order valence-electron chi connectivity index (χ3n) is 3.61. The summed E-state index contributed by atoms with van der Waals surface area (Å²) in [7, 11) is 1.85. The molecule has 0 radical (unpaired) electrons. The highest BCUT2D eigenvalue weighted by Crippen LogP contribution is 2.39. The number of rotatable bonds is 4. The van der Waals surface area contributed by atoms with Crippen molar-refractivity contribution in [3.8, 4) is 0 Å². The number of aromatic amines is 2. The summed E-state index contributed by atoms with van der Waals surface area (Å²) in [5, 5.41) is 0. The molecule has 0 atom stereocenters. The lowest BCUT2D eigenvalue weighted by Crippen LogP contribution is -2.27. The number of benzene rings is 1. The van der Waals surface area contributed by atoms with Gasteiger partial charge in [-0.1, -0.05) is 24.3 Å². The van der Waals surface area contributed by atoms with Crippen molar-refractivity contribution < 1.29 is 0 Å². The summed E-state index contributed by atoms with van der Waals surface area (Å²) in [6.07, 6.45) is 2.60. The molecule has 0 unspecified atom stereocenters. The number of hydrogen-bond donors (Lipinski definition) is 2. The zero-order valence-corrected chi connectivity index (χ0v) is 11.3. The molecule has 1 aliphatic carbocycles. The molecule has 20 heavy (non-hydrogen) atoms. The van der Waals surface area contributed by atoms with Crippen LogP contribution in [0.5, 0.6) is 0 Å². The second kappa shape index (κ2) is 5.00. The molecule has 3 rings (SSSR count). The van der Waals surface area contributed by atoms with E-state index >= 15 is 0 Å². The molecule has 2 N–H and O–H groups in total. The normalized spacial score (nSPS) is 14.2. The Morgan fingerprint density at radius 3 is 2.45 bits per heavy atom. The van der Waals surface area contributed by atoms with E-state index in [0.717, 1.165) is 11.5 Å². The second-order valence-corrected chi connectivity index (χ2v) is 5.34. The molecule has 5 heteroatoms. The van der Waals surface area contributed by atoms with E-state index in [0.29, 0.717) is 12.4 Å². The maximum absolute atomic E-state index is 11.3. The molecule has 1 saturated carbocycles. The Kier molecular flexibility index (Phi) is 3.18. The predicted octanol–water partition coefficient (Wildman–Crippen LogP) is 1.58. The molecule has 1 fully saturated rings. The van der Waals surface area contributed by atoms with E-state index in [4.69, 9.17) is 0 Å². The van der Waals surface area contributed by atoms with E-state index in [-0.39, 0.29) is 5.56 Å². The first-order valence-electron chi connectivity index (χ1n) is 6.75.